The lowest BCUT2D eigenvalue weighted by Gasteiger charge is -2.35. The molecule has 0 aromatic heterocycles. The van der Waals surface area contributed by atoms with Gasteiger partial charge in [-0.3, -0.25) is 14.7 Å². The monoisotopic (exact) mass is 428 g/mol. The molecule has 156 valence electrons. The Morgan fingerprint density at radius 2 is 1.87 bits per heavy atom. The van der Waals surface area contributed by atoms with Crippen LogP contribution in [0.25, 0.3) is 0 Å². The number of aliphatic imine (C=N–C) groups is 1. The number of nitrogens with zero attached hydrogens (tertiary/aromatic N) is 3. The van der Waals surface area contributed by atoms with Crippen molar-refractivity contribution in [2.45, 2.75) is 18.4 Å². The van der Waals surface area contributed by atoms with Crippen molar-refractivity contribution in [3.8, 4) is 0 Å². The number of aryl methyl sites for hydroxylation is 1. The van der Waals surface area contributed by atoms with Crippen molar-refractivity contribution in [2.24, 2.45) is 4.99 Å². The summed E-state index contributed by atoms with van der Waals surface area (Å²) in [5, 5.41) is 3.49. The van der Waals surface area contributed by atoms with Crippen LogP contribution in [0.1, 0.15) is 27.0 Å². The highest BCUT2D eigenvalue weighted by Gasteiger charge is 2.54. The molecule has 1 fully saturated rings. The number of rotatable bonds is 3. The number of carbonyl (C=O) groups is 1. The summed E-state index contributed by atoms with van der Waals surface area (Å²) in [6, 6.07) is 14.9. The second-order valence-corrected chi connectivity index (χ2v) is 8.30. The van der Waals surface area contributed by atoms with E-state index in [-0.39, 0.29) is 11.0 Å². The van der Waals surface area contributed by atoms with Gasteiger partial charge in [-0.1, -0.05) is 42.0 Å². The van der Waals surface area contributed by atoms with Crippen LogP contribution >= 0.6 is 12.2 Å². The minimum atomic E-state index is -2.94. The minimum absolute atomic E-state index is 0.114. The molecule has 5 nitrogen and oxygen atoms in total. The summed E-state index contributed by atoms with van der Waals surface area (Å²) in [4.78, 5) is 19.5. The summed E-state index contributed by atoms with van der Waals surface area (Å²) in [5.74, 6) is -2.60. The van der Waals surface area contributed by atoms with E-state index in [9.17, 15) is 13.6 Å². The fourth-order valence-electron chi connectivity index (χ4n) is 3.97. The third-order valence-corrected chi connectivity index (χ3v) is 5.72. The highest BCUT2D eigenvalue weighted by Crippen LogP contribution is 2.40. The Labute approximate surface area is 179 Å². The van der Waals surface area contributed by atoms with E-state index in [0.29, 0.717) is 11.4 Å². The zero-order valence-corrected chi connectivity index (χ0v) is 17.8. The molecule has 30 heavy (non-hydrogen) atoms. The summed E-state index contributed by atoms with van der Waals surface area (Å²) >= 11 is 5.44. The Hall–Kier alpha value is -2.87. The Balaban J connectivity index is 1.90. The number of nitrogens with one attached hydrogen (secondary N) is 1. The number of carbonyl (C=O) groups excluding carboxylic acids is 1. The maximum Gasteiger partial charge on any atom is 0.284 e. The number of hydrogen-bond donors (Lipinski definition) is 1. The molecule has 8 heteroatoms. The van der Waals surface area contributed by atoms with Crippen LogP contribution in [0.15, 0.2) is 53.5 Å². The zero-order valence-electron chi connectivity index (χ0n) is 16.9. The average molecular weight is 429 g/mol. The maximum absolute atomic E-state index is 14.1. The van der Waals surface area contributed by atoms with Crippen molar-refractivity contribution < 1.29 is 13.6 Å². The molecule has 2 aliphatic heterocycles. The standard InChI is InChI=1S/C22H22F2N4OS/c1-14-5-4-6-17(11-14)22(16-9-7-15(8-10-16)18(29)27(2)3)19-25-12-21(23,24)13-28(19)20(30)26-22/h4-11H,12-13H2,1-3H3,(H,26,30). The lowest BCUT2D eigenvalue weighted by atomic mass is 9.81. The largest absolute Gasteiger partial charge is 0.345 e. The number of amidine groups is 1. The lowest BCUT2D eigenvalue weighted by molar-refractivity contribution is -0.00369. The first-order chi connectivity index (χ1) is 14.1. The van der Waals surface area contributed by atoms with Gasteiger partial charge < -0.3 is 10.2 Å². The number of alkyl halides is 2. The molecule has 1 atom stereocenters. The van der Waals surface area contributed by atoms with Gasteiger partial charge in [0.2, 0.25) is 0 Å². The first kappa shape index (κ1) is 20.4. The molecule has 2 aromatic carbocycles. The van der Waals surface area contributed by atoms with Crippen LogP contribution in [-0.4, -0.2) is 59.8 Å². The predicted octanol–water partition coefficient (Wildman–Crippen LogP) is 3.18. The number of benzene rings is 2. The molecule has 0 spiro atoms. The van der Waals surface area contributed by atoms with Crippen LogP contribution in [0.3, 0.4) is 0 Å². The van der Waals surface area contributed by atoms with Crippen molar-refractivity contribution in [1.29, 1.82) is 0 Å². The van der Waals surface area contributed by atoms with Crippen molar-refractivity contribution in [3.05, 3.63) is 70.8 Å². The summed E-state index contributed by atoms with van der Waals surface area (Å²) in [7, 11) is 3.38. The van der Waals surface area contributed by atoms with Crippen molar-refractivity contribution in [2.75, 3.05) is 27.2 Å². The topological polar surface area (TPSA) is 47.9 Å². The van der Waals surface area contributed by atoms with Crippen molar-refractivity contribution in [1.82, 2.24) is 15.1 Å². The van der Waals surface area contributed by atoms with Crippen LogP contribution in [0.5, 0.6) is 0 Å². The first-order valence-electron chi connectivity index (χ1n) is 9.56. The molecule has 1 amide bonds. The average Bonchev–Trinajstić information content (AvgIpc) is 2.99. The second kappa shape index (κ2) is 7.12. The molecule has 0 bridgehead atoms. The van der Waals surface area contributed by atoms with Crippen LogP contribution in [-0.2, 0) is 5.54 Å². The van der Waals surface area contributed by atoms with Gasteiger partial charge in [0.25, 0.3) is 11.8 Å². The van der Waals surface area contributed by atoms with E-state index in [4.69, 9.17) is 12.2 Å². The minimum Gasteiger partial charge on any atom is -0.345 e. The second-order valence-electron chi connectivity index (χ2n) is 7.91. The van der Waals surface area contributed by atoms with Crippen LogP contribution in [0.4, 0.5) is 8.78 Å². The molecule has 0 radical (unpaired) electrons. The lowest BCUT2D eigenvalue weighted by Crippen LogP contribution is -2.50. The highest BCUT2D eigenvalue weighted by molar-refractivity contribution is 7.80. The smallest absolute Gasteiger partial charge is 0.284 e. The molecule has 0 saturated carbocycles. The fourth-order valence-corrected chi connectivity index (χ4v) is 4.28. The number of halogens is 2. The molecule has 2 aliphatic rings. The Morgan fingerprint density at radius 1 is 1.17 bits per heavy atom. The van der Waals surface area contributed by atoms with Gasteiger partial charge in [-0.2, -0.15) is 0 Å². The van der Waals surface area contributed by atoms with Gasteiger partial charge in [-0.15, -0.1) is 0 Å². The fraction of sp³-hybridized carbons (Fsp3) is 0.318. The van der Waals surface area contributed by atoms with Crippen LogP contribution in [0.2, 0.25) is 0 Å². The van der Waals surface area contributed by atoms with Gasteiger partial charge in [0, 0.05) is 19.7 Å². The summed E-state index contributed by atoms with van der Waals surface area (Å²) in [6.45, 7) is 0.869. The van der Waals surface area contributed by atoms with Crippen LogP contribution in [0, 0.1) is 6.92 Å². The normalized spacial score (nSPS) is 22.2. The van der Waals surface area contributed by atoms with Crippen LogP contribution < -0.4 is 5.32 Å². The number of fused-ring (bicyclic) bond motifs is 1. The zero-order chi connectivity index (χ0) is 21.7. The number of hydrogen-bond acceptors (Lipinski definition) is 3. The predicted molar refractivity (Wildman–Crippen MR) is 116 cm³/mol. The molecule has 4 rings (SSSR count). The Morgan fingerprint density at radius 3 is 2.50 bits per heavy atom. The summed E-state index contributed by atoms with van der Waals surface area (Å²) in [5.41, 5.74) is 2.19. The SMILES string of the molecule is Cc1cccc(C2(c3ccc(C(=O)N(C)C)cc3)NC(=S)N3CC(F)(F)CN=C32)c1. The molecule has 1 N–H and O–H groups in total. The number of amides is 1. The van der Waals surface area contributed by atoms with E-state index in [1.54, 1.807) is 26.2 Å². The third-order valence-electron chi connectivity index (χ3n) is 5.40. The first-order valence-corrected chi connectivity index (χ1v) is 9.97. The maximum atomic E-state index is 14.1. The number of thiocarbonyl (C=S) groups is 1. The van der Waals surface area contributed by atoms with Gasteiger partial charge in [-0.05, 0) is 42.4 Å². The third kappa shape index (κ3) is 3.25. The molecule has 1 saturated heterocycles. The Bertz CT molecular complexity index is 1050. The van der Waals surface area contributed by atoms with E-state index in [1.807, 2.05) is 43.3 Å². The molecule has 2 heterocycles. The quantitative estimate of drug-likeness (QED) is 0.763. The van der Waals surface area contributed by atoms with Gasteiger partial charge in [0.1, 0.15) is 17.9 Å². The Kier molecular flexibility index (Phi) is 4.85. The van der Waals surface area contributed by atoms with Gasteiger partial charge >= 0.3 is 0 Å². The van der Waals surface area contributed by atoms with E-state index < -0.39 is 24.6 Å². The van der Waals surface area contributed by atoms with Crippen molar-refractivity contribution >= 4 is 29.1 Å². The van der Waals surface area contributed by atoms with Gasteiger partial charge in [0.15, 0.2) is 5.11 Å². The van der Waals surface area contributed by atoms with E-state index in [2.05, 4.69) is 10.3 Å². The van der Waals surface area contributed by atoms with Gasteiger partial charge in [0.05, 0.1) is 6.54 Å². The molecule has 0 aliphatic carbocycles. The highest BCUT2D eigenvalue weighted by atomic mass is 32.1. The molecular formula is C22H22F2N4OS. The van der Waals surface area contributed by atoms with Crippen molar-refractivity contribution in [3.63, 3.8) is 0 Å². The summed E-state index contributed by atoms with van der Waals surface area (Å²) < 4.78 is 28.2. The molecule has 2 aromatic rings. The van der Waals surface area contributed by atoms with E-state index in [1.165, 1.54) is 9.80 Å². The van der Waals surface area contributed by atoms with E-state index >= 15 is 0 Å². The van der Waals surface area contributed by atoms with Gasteiger partial charge in [-0.25, -0.2) is 8.78 Å². The van der Waals surface area contributed by atoms with E-state index in [0.717, 1.165) is 16.7 Å². The summed E-state index contributed by atoms with van der Waals surface area (Å²) in [6.07, 6.45) is 0. The molecule has 1 unspecified atom stereocenters. The molecular weight excluding hydrogens is 406 g/mol.